The molecule has 104 valence electrons. The number of hydrogen-bond donors (Lipinski definition) is 0. The molecule has 1 saturated heterocycles. The van der Waals surface area contributed by atoms with Crippen molar-refractivity contribution in [2.75, 3.05) is 20.3 Å². The first kappa shape index (κ1) is 13.0. The van der Waals surface area contributed by atoms with Crippen LogP contribution in [-0.4, -0.2) is 43.4 Å². The van der Waals surface area contributed by atoms with Gasteiger partial charge in [-0.25, -0.2) is 4.39 Å². The van der Waals surface area contributed by atoms with Gasteiger partial charge < -0.3 is 9.47 Å². The van der Waals surface area contributed by atoms with Crippen molar-refractivity contribution in [2.24, 2.45) is 0 Å². The SMILES string of the molecule is CO[C@@H]1CC[C@H]2[C@H]1OCCN2Cc1ccc(F)cc1. The van der Waals surface area contributed by atoms with Crippen LogP contribution in [0.25, 0.3) is 0 Å². The van der Waals surface area contributed by atoms with Gasteiger partial charge in [0.05, 0.1) is 18.8 Å². The van der Waals surface area contributed by atoms with Gasteiger partial charge in [-0.2, -0.15) is 0 Å². The maximum Gasteiger partial charge on any atom is 0.123 e. The lowest BCUT2D eigenvalue weighted by molar-refractivity contribution is -0.106. The molecule has 0 aromatic heterocycles. The second-order valence-corrected chi connectivity index (χ2v) is 5.35. The third-order valence-corrected chi connectivity index (χ3v) is 4.25. The Morgan fingerprint density at radius 3 is 2.84 bits per heavy atom. The zero-order valence-corrected chi connectivity index (χ0v) is 11.2. The average molecular weight is 265 g/mol. The fraction of sp³-hybridized carbons (Fsp3) is 0.600. The van der Waals surface area contributed by atoms with Crippen molar-refractivity contribution >= 4 is 0 Å². The summed E-state index contributed by atoms with van der Waals surface area (Å²) in [5.74, 6) is -0.177. The Bertz CT molecular complexity index is 423. The van der Waals surface area contributed by atoms with Crippen molar-refractivity contribution in [3.05, 3.63) is 35.6 Å². The Morgan fingerprint density at radius 2 is 2.11 bits per heavy atom. The molecule has 1 heterocycles. The molecule has 0 unspecified atom stereocenters. The van der Waals surface area contributed by atoms with E-state index in [2.05, 4.69) is 4.90 Å². The zero-order valence-electron chi connectivity index (χ0n) is 11.2. The van der Waals surface area contributed by atoms with E-state index >= 15 is 0 Å². The van der Waals surface area contributed by atoms with Gasteiger partial charge in [-0.05, 0) is 30.5 Å². The molecular weight excluding hydrogens is 245 g/mol. The molecular formula is C15H20FNO2. The number of benzene rings is 1. The van der Waals surface area contributed by atoms with E-state index in [0.717, 1.165) is 38.1 Å². The van der Waals surface area contributed by atoms with E-state index in [1.165, 1.54) is 12.1 Å². The maximum atomic E-state index is 12.9. The van der Waals surface area contributed by atoms with Crippen molar-refractivity contribution in [2.45, 2.75) is 37.6 Å². The van der Waals surface area contributed by atoms with Crippen LogP contribution < -0.4 is 0 Å². The third-order valence-electron chi connectivity index (χ3n) is 4.25. The smallest absolute Gasteiger partial charge is 0.123 e. The van der Waals surface area contributed by atoms with Crippen LogP contribution in [0.4, 0.5) is 4.39 Å². The molecule has 0 radical (unpaired) electrons. The van der Waals surface area contributed by atoms with Crippen molar-refractivity contribution in [1.82, 2.24) is 4.90 Å². The average Bonchev–Trinajstić information content (AvgIpc) is 2.85. The number of rotatable bonds is 3. The highest BCUT2D eigenvalue weighted by Gasteiger charge is 2.42. The number of halogens is 1. The lowest BCUT2D eigenvalue weighted by Gasteiger charge is -2.38. The van der Waals surface area contributed by atoms with E-state index in [1.54, 1.807) is 7.11 Å². The van der Waals surface area contributed by atoms with Crippen LogP contribution >= 0.6 is 0 Å². The Hall–Kier alpha value is -0.970. The van der Waals surface area contributed by atoms with Gasteiger partial charge in [0, 0.05) is 26.2 Å². The van der Waals surface area contributed by atoms with Crippen molar-refractivity contribution in [1.29, 1.82) is 0 Å². The van der Waals surface area contributed by atoms with Gasteiger partial charge in [-0.15, -0.1) is 0 Å². The molecule has 0 amide bonds. The van der Waals surface area contributed by atoms with Crippen molar-refractivity contribution in [3.63, 3.8) is 0 Å². The number of ether oxygens (including phenoxy) is 2. The minimum atomic E-state index is -0.177. The number of morpholine rings is 1. The lowest BCUT2D eigenvalue weighted by Crippen LogP contribution is -2.51. The van der Waals surface area contributed by atoms with E-state index in [-0.39, 0.29) is 18.0 Å². The molecule has 1 aliphatic heterocycles. The standard InChI is InChI=1S/C15H20FNO2/c1-18-14-7-6-13-15(14)19-9-8-17(13)10-11-2-4-12(16)5-3-11/h2-5,13-15H,6-10H2,1H3/t13-,14+,15+/m0/s1. The molecule has 3 rings (SSSR count). The van der Waals surface area contributed by atoms with Crippen LogP contribution in [-0.2, 0) is 16.0 Å². The molecule has 1 saturated carbocycles. The quantitative estimate of drug-likeness (QED) is 0.836. The highest BCUT2D eigenvalue weighted by Crippen LogP contribution is 2.32. The van der Waals surface area contributed by atoms with E-state index in [1.807, 2.05) is 12.1 Å². The van der Waals surface area contributed by atoms with Gasteiger partial charge in [-0.3, -0.25) is 4.90 Å². The molecule has 3 nitrogen and oxygen atoms in total. The summed E-state index contributed by atoms with van der Waals surface area (Å²) in [4.78, 5) is 2.44. The predicted molar refractivity (Wildman–Crippen MR) is 70.4 cm³/mol. The van der Waals surface area contributed by atoms with Gasteiger partial charge in [0.1, 0.15) is 5.82 Å². The van der Waals surface area contributed by atoms with Crippen LogP contribution in [0.15, 0.2) is 24.3 Å². The number of hydrogen-bond acceptors (Lipinski definition) is 3. The van der Waals surface area contributed by atoms with Gasteiger partial charge in [0.15, 0.2) is 0 Å². The molecule has 19 heavy (non-hydrogen) atoms. The van der Waals surface area contributed by atoms with Gasteiger partial charge in [0.2, 0.25) is 0 Å². The maximum absolute atomic E-state index is 12.9. The second kappa shape index (κ2) is 5.57. The van der Waals surface area contributed by atoms with Crippen LogP contribution in [0.2, 0.25) is 0 Å². The monoisotopic (exact) mass is 265 g/mol. The summed E-state index contributed by atoms with van der Waals surface area (Å²) >= 11 is 0. The van der Waals surface area contributed by atoms with Gasteiger partial charge in [-0.1, -0.05) is 12.1 Å². The summed E-state index contributed by atoms with van der Waals surface area (Å²) in [5.41, 5.74) is 1.16. The van der Waals surface area contributed by atoms with E-state index < -0.39 is 0 Å². The van der Waals surface area contributed by atoms with E-state index in [4.69, 9.17) is 9.47 Å². The first-order valence-electron chi connectivity index (χ1n) is 6.91. The van der Waals surface area contributed by atoms with Crippen LogP contribution in [0.3, 0.4) is 0 Å². The largest absolute Gasteiger partial charge is 0.379 e. The van der Waals surface area contributed by atoms with Crippen LogP contribution in [0.5, 0.6) is 0 Å². The summed E-state index contributed by atoms with van der Waals surface area (Å²) in [5, 5.41) is 0. The molecule has 0 N–H and O–H groups in total. The molecule has 4 heteroatoms. The first-order chi connectivity index (χ1) is 9.28. The zero-order chi connectivity index (χ0) is 13.2. The Kier molecular flexibility index (Phi) is 3.82. The normalized spacial score (nSPS) is 31.4. The third kappa shape index (κ3) is 2.66. The number of nitrogens with zero attached hydrogens (tertiary/aromatic N) is 1. The molecule has 2 fully saturated rings. The first-order valence-corrected chi connectivity index (χ1v) is 6.91. The molecule has 0 spiro atoms. The molecule has 2 aliphatic rings. The Balaban J connectivity index is 1.69. The molecule has 3 atom stereocenters. The molecule has 1 aromatic rings. The van der Waals surface area contributed by atoms with E-state index in [0.29, 0.717) is 6.04 Å². The summed E-state index contributed by atoms with van der Waals surface area (Å²) < 4.78 is 24.3. The molecule has 0 bridgehead atoms. The number of methoxy groups -OCH3 is 1. The van der Waals surface area contributed by atoms with E-state index in [9.17, 15) is 4.39 Å². The fourth-order valence-electron chi connectivity index (χ4n) is 3.26. The summed E-state index contributed by atoms with van der Waals surface area (Å²) in [6.45, 7) is 2.55. The minimum Gasteiger partial charge on any atom is -0.379 e. The minimum absolute atomic E-state index is 0.177. The predicted octanol–water partition coefficient (Wildman–Crippen LogP) is 2.20. The molecule has 1 aliphatic carbocycles. The highest BCUT2D eigenvalue weighted by molar-refractivity contribution is 5.16. The van der Waals surface area contributed by atoms with Crippen molar-refractivity contribution in [3.8, 4) is 0 Å². The Labute approximate surface area is 113 Å². The topological polar surface area (TPSA) is 21.7 Å². The second-order valence-electron chi connectivity index (χ2n) is 5.35. The summed E-state index contributed by atoms with van der Waals surface area (Å²) in [6.07, 6.45) is 2.59. The fourth-order valence-corrected chi connectivity index (χ4v) is 3.26. The number of fused-ring (bicyclic) bond motifs is 1. The summed E-state index contributed by atoms with van der Waals surface area (Å²) in [6, 6.07) is 7.22. The lowest BCUT2D eigenvalue weighted by atomic mass is 10.1. The van der Waals surface area contributed by atoms with Gasteiger partial charge >= 0.3 is 0 Å². The molecule has 1 aromatic carbocycles. The Morgan fingerprint density at radius 1 is 1.32 bits per heavy atom. The van der Waals surface area contributed by atoms with Gasteiger partial charge in [0.25, 0.3) is 0 Å². The van der Waals surface area contributed by atoms with Crippen molar-refractivity contribution < 1.29 is 13.9 Å². The summed E-state index contributed by atoms with van der Waals surface area (Å²) in [7, 11) is 1.76. The van der Waals surface area contributed by atoms with Crippen LogP contribution in [0.1, 0.15) is 18.4 Å². The highest BCUT2D eigenvalue weighted by atomic mass is 19.1. The van der Waals surface area contributed by atoms with Crippen LogP contribution in [0, 0.1) is 5.82 Å².